The fraction of sp³-hybridized carbons (Fsp3) is 0.300. The van der Waals surface area contributed by atoms with Gasteiger partial charge in [0.2, 0.25) is 0 Å². The number of ether oxygens (including phenoxy) is 1. The second kappa shape index (κ2) is 4.08. The molecular weight excluding hydrogens is 216 g/mol. The van der Waals surface area contributed by atoms with Crippen LogP contribution in [0.1, 0.15) is 5.56 Å². The molecule has 0 aliphatic carbocycles. The molecule has 0 amide bonds. The van der Waals surface area contributed by atoms with Gasteiger partial charge in [-0.15, -0.1) is 0 Å². The Morgan fingerprint density at radius 1 is 1.40 bits per heavy atom. The van der Waals surface area contributed by atoms with Gasteiger partial charge in [0.25, 0.3) is 0 Å². The molecule has 0 atom stereocenters. The molecule has 0 radical (unpaired) electrons. The number of hydrogen-bond acceptors (Lipinski definition) is 4. The monoisotopic (exact) mass is 226 g/mol. The molecule has 0 unspecified atom stereocenters. The van der Waals surface area contributed by atoms with Crippen molar-refractivity contribution in [1.82, 2.24) is 0 Å². The molecule has 0 spiro atoms. The number of aliphatic imine (C=N–C) groups is 1. The first-order valence-electron chi connectivity index (χ1n) is 4.46. The molecule has 0 N–H and O–H groups in total. The Bertz CT molecular complexity index is 406. The minimum Gasteiger partial charge on any atom is -0.497 e. The summed E-state index contributed by atoms with van der Waals surface area (Å²) in [6.45, 7) is 0.411. The average Bonchev–Trinajstić information content (AvgIpc) is 2.29. The van der Waals surface area contributed by atoms with E-state index < -0.39 is 0 Å². The summed E-state index contributed by atoms with van der Waals surface area (Å²) >= 11 is 6.01. The van der Waals surface area contributed by atoms with Crippen molar-refractivity contribution >= 4 is 22.5 Å². The highest BCUT2D eigenvalue weighted by atomic mass is 35.5. The number of anilines is 1. The highest BCUT2D eigenvalue weighted by Gasteiger charge is 2.19. The van der Waals surface area contributed by atoms with E-state index in [2.05, 4.69) is 4.99 Å². The number of hydrogen-bond donors (Lipinski definition) is 0. The maximum absolute atomic E-state index is 6.01. The van der Waals surface area contributed by atoms with E-state index in [1.54, 1.807) is 19.3 Å². The SMILES string of the molecule is COc1ccc2c(c1)C(Cl)=NCN2OC. The topological polar surface area (TPSA) is 34.1 Å². The molecule has 80 valence electrons. The smallest absolute Gasteiger partial charge is 0.137 e. The maximum Gasteiger partial charge on any atom is 0.137 e. The third-order valence-corrected chi connectivity index (χ3v) is 2.58. The van der Waals surface area contributed by atoms with Crippen molar-refractivity contribution < 1.29 is 9.57 Å². The second-order valence-corrected chi connectivity index (χ2v) is 3.39. The van der Waals surface area contributed by atoms with Gasteiger partial charge in [-0.05, 0) is 18.2 Å². The third-order valence-electron chi connectivity index (χ3n) is 2.25. The van der Waals surface area contributed by atoms with Crippen molar-refractivity contribution in [2.24, 2.45) is 4.99 Å². The molecule has 0 saturated carbocycles. The summed E-state index contributed by atoms with van der Waals surface area (Å²) in [6.07, 6.45) is 0. The lowest BCUT2D eigenvalue weighted by Gasteiger charge is -2.26. The van der Waals surface area contributed by atoms with E-state index in [1.165, 1.54) is 0 Å². The van der Waals surface area contributed by atoms with Gasteiger partial charge in [-0.25, -0.2) is 10.1 Å². The molecule has 4 nitrogen and oxygen atoms in total. The lowest BCUT2D eigenvalue weighted by atomic mass is 10.1. The zero-order valence-corrected chi connectivity index (χ0v) is 9.28. The van der Waals surface area contributed by atoms with Crippen LogP contribution < -0.4 is 9.80 Å². The van der Waals surface area contributed by atoms with E-state index in [0.29, 0.717) is 11.8 Å². The predicted octanol–water partition coefficient (Wildman–Crippen LogP) is 2.02. The number of halogens is 1. The Morgan fingerprint density at radius 2 is 2.20 bits per heavy atom. The zero-order valence-electron chi connectivity index (χ0n) is 8.53. The number of nitrogens with zero attached hydrogens (tertiary/aromatic N) is 2. The van der Waals surface area contributed by atoms with E-state index in [0.717, 1.165) is 17.0 Å². The highest BCUT2D eigenvalue weighted by Crippen LogP contribution is 2.30. The Balaban J connectivity index is 2.49. The van der Waals surface area contributed by atoms with Crippen molar-refractivity contribution in [3.8, 4) is 5.75 Å². The molecule has 1 aromatic rings. The molecule has 0 fully saturated rings. The maximum atomic E-state index is 6.01. The first-order valence-corrected chi connectivity index (χ1v) is 4.84. The van der Waals surface area contributed by atoms with Crippen LogP contribution in [0.3, 0.4) is 0 Å². The van der Waals surface area contributed by atoms with Crippen molar-refractivity contribution in [2.75, 3.05) is 26.0 Å². The van der Waals surface area contributed by atoms with Crippen LogP contribution >= 0.6 is 11.6 Å². The summed E-state index contributed by atoms with van der Waals surface area (Å²) in [4.78, 5) is 9.29. The van der Waals surface area contributed by atoms with Crippen LogP contribution in [0.25, 0.3) is 0 Å². The first-order chi connectivity index (χ1) is 7.26. The molecule has 0 aromatic heterocycles. The van der Waals surface area contributed by atoms with Gasteiger partial charge in [-0.1, -0.05) is 11.6 Å². The summed E-state index contributed by atoms with van der Waals surface area (Å²) in [5.74, 6) is 0.750. The lowest BCUT2D eigenvalue weighted by molar-refractivity contribution is 0.168. The standard InChI is InChI=1S/C10H11ClN2O2/c1-14-7-3-4-9-8(5-7)10(11)12-6-13(9)15-2/h3-5H,6H2,1-2H3. The second-order valence-electron chi connectivity index (χ2n) is 3.03. The van der Waals surface area contributed by atoms with Gasteiger partial charge < -0.3 is 4.74 Å². The molecule has 0 bridgehead atoms. The van der Waals surface area contributed by atoms with Crippen LogP contribution in [0.15, 0.2) is 23.2 Å². The average molecular weight is 227 g/mol. The van der Waals surface area contributed by atoms with Gasteiger partial charge in [-0.2, -0.15) is 0 Å². The summed E-state index contributed by atoms with van der Waals surface area (Å²) in [6, 6.07) is 5.60. The molecule has 1 heterocycles. The summed E-state index contributed by atoms with van der Waals surface area (Å²) in [5, 5.41) is 2.15. The molecule has 0 saturated heterocycles. The lowest BCUT2D eigenvalue weighted by Crippen LogP contribution is -2.27. The number of benzene rings is 1. The largest absolute Gasteiger partial charge is 0.497 e. The number of fused-ring (bicyclic) bond motifs is 1. The summed E-state index contributed by atoms with van der Waals surface area (Å²) in [7, 11) is 3.21. The van der Waals surface area contributed by atoms with Crippen molar-refractivity contribution in [3.63, 3.8) is 0 Å². The third kappa shape index (κ3) is 1.78. The molecule has 15 heavy (non-hydrogen) atoms. The van der Waals surface area contributed by atoms with E-state index in [-0.39, 0.29) is 0 Å². The Kier molecular flexibility index (Phi) is 2.79. The normalized spacial score (nSPS) is 14.6. The van der Waals surface area contributed by atoms with Crippen molar-refractivity contribution in [1.29, 1.82) is 0 Å². The fourth-order valence-electron chi connectivity index (χ4n) is 1.47. The molecule has 2 rings (SSSR count). The van der Waals surface area contributed by atoms with E-state index in [1.807, 2.05) is 18.2 Å². The minimum absolute atomic E-state index is 0.411. The fourth-order valence-corrected chi connectivity index (χ4v) is 1.67. The van der Waals surface area contributed by atoms with Gasteiger partial charge in [-0.3, -0.25) is 4.84 Å². The summed E-state index contributed by atoms with van der Waals surface area (Å²) in [5.41, 5.74) is 1.72. The number of hydroxylamine groups is 1. The molecule has 1 aliphatic rings. The first kappa shape index (κ1) is 10.3. The van der Waals surface area contributed by atoms with Crippen LogP contribution in [0.2, 0.25) is 0 Å². The molecule has 5 heteroatoms. The van der Waals surface area contributed by atoms with Gasteiger partial charge >= 0.3 is 0 Å². The van der Waals surface area contributed by atoms with Gasteiger partial charge in [0.1, 0.15) is 17.6 Å². The van der Waals surface area contributed by atoms with Gasteiger partial charge in [0, 0.05) is 5.56 Å². The Labute approximate surface area is 93.0 Å². The van der Waals surface area contributed by atoms with Gasteiger partial charge in [0.15, 0.2) is 0 Å². The summed E-state index contributed by atoms with van der Waals surface area (Å²) < 4.78 is 5.12. The quantitative estimate of drug-likeness (QED) is 0.774. The molecular formula is C10H11ClN2O2. The minimum atomic E-state index is 0.411. The predicted molar refractivity (Wildman–Crippen MR) is 59.7 cm³/mol. The van der Waals surface area contributed by atoms with Crippen LogP contribution in [-0.4, -0.2) is 26.1 Å². The van der Waals surface area contributed by atoms with Gasteiger partial charge in [0.05, 0.1) is 19.9 Å². The van der Waals surface area contributed by atoms with E-state index >= 15 is 0 Å². The Hall–Kier alpha value is -1.26. The van der Waals surface area contributed by atoms with Crippen molar-refractivity contribution in [2.45, 2.75) is 0 Å². The number of methoxy groups -OCH3 is 1. The van der Waals surface area contributed by atoms with E-state index in [9.17, 15) is 0 Å². The highest BCUT2D eigenvalue weighted by molar-refractivity contribution is 6.70. The number of rotatable bonds is 2. The Morgan fingerprint density at radius 3 is 2.87 bits per heavy atom. The molecule has 1 aromatic carbocycles. The van der Waals surface area contributed by atoms with Crippen LogP contribution in [-0.2, 0) is 4.84 Å². The van der Waals surface area contributed by atoms with E-state index in [4.69, 9.17) is 21.2 Å². The van der Waals surface area contributed by atoms with Crippen molar-refractivity contribution in [3.05, 3.63) is 23.8 Å². The van der Waals surface area contributed by atoms with Crippen LogP contribution in [0.4, 0.5) is 5.69 Å². The zero-order chi connectivity index (χ0) is 10.8. The van der Waals surface area contributed by atoms with Crippen LogP contribution in [0, 0.1) is 0 Å². The molecule has 1 aliphatic heterocycles. The van der Waals surface area contributed by atoms with Crippen LogP contribution in [0.5, 0.6) is 5.75 Å².